The van der Waals surface area contributed by atoms with Crippen molar-refractivity contribution in [2.75, 3.05) is 38.2 Å². The minimum absolute atomic E-state index is 0.270. The van der Waals surface area contributed by atoms with Crippen molar-refractivity contribution in [1.82, 2.24) is 14.5 Å². The van der Waals surface area contributed by atoms with Crippen LogP contribution in [0.3, 0.4) is 0 Å². The first-order chi connectivity index (χ1) is 14.1. The van der Waals surface area contributed by atoms with Crippen LogP contribution in [0.2, 0.25) is 10.0 Å². The zero-order valence-electron chi connectivity index (χ0n) is 15.9. The van der Waals surface area contributed by atoms with E-state index >= 15 is 0 Å². The molecule has 0 atom stereocenters. The minimum Gasteiger partial charge on any atom is -0.379 e. The van der Waals surface area contributed by atoms with Crippen LogP contribution in [0.25, 0.3) is 11.0 Å². The molecule has 0 unspecified atom stereocenters. The lowest BCUT2D eigenvalue weighted by atomic mass is 10.2. The number of imidazole rings is 1. The number of hydrogen-bond acceptors (Lipinski definition) is 4. The summed E-state index contributed by atoms with van der Waals surface area (Å²) in [6, 6.07) is 12.7. The van der Waals surface area contributed by atoms with Gasteiger partial charge in [-0.2, -0.15) is 0 Å². The van der Waals surface area contributed by atoms with E-state index in [-0.39, 0.29) is 5.91 Å². The average Bonchev–Trinajstić information content (AvgIpc) is 3.08. The Labute approximate surface area is 179 Å². The fraction of sp³-hybridized carbons (Fsp3) is 0.333. The number of nitrogens with zero attached hydrogens (tertiary/aromatic N) is 3. The highest BCUT2D eigenvalue weighted by Gasteiger charge is 2.16. The first-order valence-corrected chi connectivity index (χ1v) is 10.4. The van der Waals surface area contributed by atoms with Gasteiger partial charge >= 0.3 is 0 Å². The molecule has 1 amide bonds. The number of amides is 1. The van der Waals surface area contributed by atoms with Gasteiger partial charge in [-0.25, -0.2) is 4.98 Å². The number of aromatic nitrogens is 2. The highest BCUT2D eigenvalue weighted by atomic mass is 35.5. The summed E-state index contributed by atoms with van der Waals surface area (Å²) in [7, 11) is 0. The molecule has 1 N–H and O–H groups in total. The predicted molar refractivity (Wildman–Crippen MR) is 116 cm³/mol. The number of nitrogens with one attached hydrogen (secondary N) is 1. The predicted octanol–water partition coefficient (Wildman–Crippen LogP) is 4.32. The lowest BCUT2D eigenvalue weighted by molar-refractivity contribution is 0.0370. The Morgan fingerprint density at radius 3 is 2.66 bits per heavy atom. The summed E-state index contributed by atoms with van der Waals surface area (Å²) in [6.07, 6.45) is 0.954. The van der Waals surface area contributed by atoms with Gasteiger partial charge in [0.2, 0.25) is 5.95 Å². The Hall–Kier alpha value is -2.12. The van der Waals surface area contributed by atoms with Crippen molar-refractivity contribution in [3.8, 4) is 0 Å². The highest BCUT2D eigenvalue weighted by Crippen LogP contribution is 2.24. The third-order valence-corrected chi connectivity index (χ3v) is 5.76. The van der Waals surface area contributed by atoms with E-state index in [0.717, 1.165) is 56.8 Å². The number of rotatable bonds is 6. The number of fused-ring (bicyclic) bond motifs is 1. The molecule has 0 spiro atoms. The molecule has 1 aliphatic rings. The van der Waals surface area contributed by atoms with Crippen LogP contribution in [0.4, 0.5) is 5.95 Å². The monoisotopic (exact) mass is 432 g/mol. The Bertz CT molecular complexity index is 1020. The third kappa shape index (κ3) is 4.73. The molecule has 1 fully saturated rings. The molecule has 0 bridgehead atoms. The Kier molecular flexibility index (Phi) is 6.35. The number of aryl methyl sites for hydroxylation is 1. The van der Waals surface area contributed by atoms with E-state index in [0.29, 0.717) is 21.6 Å². The van der Waals surface area contributed by atoms with E-state index in [9.17, 15) is 4.79 Å². The Morgan fingerprint density at radius 2 is 1.86 bits per heavy atom. The molecule has 2 aromatic carbocycles. The summed E-state index contributed by atoms with van der Waals surface area (Å²) in [5.41, 5.74) is 2.29. The van der Waals surface area contributed by atoms with Crippen LogP contribution in [-0.2, 0) is 11.3 Å². The van der Waals surface area contributed by atoms with E-state index in [4.69, 9.17) is 27.9 Å². The lowest BCUT2D eigenvalue weighted by Gasteiger charge is -2.26. The third-order valence-electron chi connectivity index (χ3n) is 5.02. The lowest BCUT2D eigenvalue weighted by Crippen LogP contribution is -2.37. The van der Waals surface area contributed by atoms with Crippen LogP contribution in [0.15, 0.2) is 42.5 Å². The van der Waals surface area contributed by atoms with Gasteiger partial charge in [-0.1, -0.05) is 35.3 Å². The van der Waals surface area contributed by atoms with Gasteiger partial charge in [0.25, 0.3) is 5.91 Å². The molecule has 29 heavy (non-hydrogen) atoms. The summed E-state index contributed by atoms with van der Waals surface area (Å²) in [5, 5.41) is 3.69. The normalized spacial score (nSPS) is 15.0. The molecule has 0 aliphatic carbocycles. The number of para-hydroxylation sites is 2. The van der Waals surface area contributed by atoms with Gasteiger partial charge in [0, 0.05) is 31.7 Å². The van der Waals surface area contributed by atoms with Crippen molar-refractivity contribution in [1.29, 1.82) is 0 Å². The second-order valence-electron chi connectivity index (χ2n) is 6.97. The number of carbonyl (C=O) groups is 1. The zero-order chi connectivity index (χ0) is 20.2. The topological polar surface area (TPSA) is 59.4 Å². The van der Waals surface area contributed by atoms with Crippen molar-refractivity contribution in [3.63, 3.8) is 0 Å². The van der Waals surface area contributed by atoms with E-state index in [2.05, 4.69) is 19.8 Å². The van der Waals surface area contributed by atoms with Crippen LogP contribution in [-0.4, -0.2) is 53.2 Å². The molecule has 1 aromatic heterocycles. The largest absolute Gasteiger partial charge is 0.379 e. The van der Waals surface area contributed by atoms with Crippen molar-refractivity contribution in [2.45, 2.75) is 13.0 Å². The number of carbonyl (C=O) groups excluding carboxylic acids is 1. The zero-order valence-corrected chi connectivity index (χ0v) is 17.4. The molecular formula is C21H22Cl2N4O2. The van der Waals surface area contributed by atoms with Crippen LogP contribution < -0.4 is 5.32 Å². The molecule has 6 nitrogen and oxygen atoms in total. The van der Waals surface area contributed by atoms with Crippen molar-refractivity contribution in [2.24, 2.45) is 0 Å². The Morgan fingerprint density at radius 1 is 1.07 bits per heavy atom. The maximum atomic E-state index is 12.7. The summed E-state index contributed by atoms with van der Waals surface area (Å²) in [4.78, 5) is 19.8. The average molecular weight is 433 g/mol. The standard InChI is InChI=1S/C21H22Cl2N4O2/c22-16-7-6-15(14-17(16)23)20(28)25-21-24-18-4-1-2-5-19(18)27(21)9-3-8-26-10-12-29-13-11-26/h1-2,4-7,14H,3,8-13H2,(H,24,25,28). The summed E-state index contributed by atoms with van der Waals surface area (Å²) in [5.74, 6) is 0.262. The second kappa shape index (κ2) is 9.13. The number of ether oxygens (including phenoxy) is 1. The maximum absolute atomic E-state index is 12.7. The van der Waals surface area contributed by atoms with Gasteiger partial charge in [0.05, 0.1) is 34.3 Å². The molecule has 0 saturated carbocycles. The number of anilines is 1. The number of hydrogen-bond donors (Lipinski definition) is 1. The highest BCUT2D eigenvalue weighted by molar-refractivity contribution is 6.42. The molecule has 4 rings (SSSR count). The van der Waals surface area contributed by atoms with E-state index < -0.39 is 0 Å². The Balaban J connectivity index is 1.52. The van der Waals surface area contributed by atoms with Gasteiger partial charge in [-0.3, -0.25) is 15.0 Å². The van der Waals surface area contributed by atoms with Crippen LogP contribution in [0.5, 0.6) is 0 Å². The van der Waals surface area contributed by atoms with Gasteiger partial charge in [-0.15, -0.1) is 0 Å². The van der Waals surface area contributed by atoms with Crippen molar-refractivity contribution >= 4 is 46.1 Å². The summed E-state index contributed by atoms with van der Waals surface area (Å²) < 4.78 is 7.47. The van der Waals surface area contributed by atoms with Gasteiger partial charge in [-0.05, 0) is 36.8 Å². The van der Waals surface area contributed by atoms with Crippen LogP contribution >= 0.6 is 23.2 Å². The van der Waals surface area contributed by atoms with Crippen LogP contribution in [0.1, 0.15) is 16.8 Å². The molecule has 1 saturated heterocycles. The molecule has 8 heteroatoms. The first kappa shape index (κ1) is 20.2. The molecule has 3 aromatic rings. The van der Waals surface area contributed by atoms with Gasteiger partial charge in [0.1, 0.15) is 0 Å². The molecule has 0 radical (unpaired) electrons. The SMILES string of the molecule is O=C(Nc1nc2ccccc2n1CCCN1CCOCC1)c1ccc(Cl)c(Cl)c1. The molecule has 152 valence electrons. The maximum Gasteiger partial charge on any atom is 0.258 e. The van der Waals surface area contributed by atoms with Crippen molar-refractivity contribution in [3.05, 3.63) is 58.1 Å². The first-order valence-electron chi connectivity index (χ1n) is 9.63. The van der Waals surface area contributed by atoms with Gasteiger partial charge < -0.3 is 9.30 Å². The van der Waals surface area contributed by atoms with E-state index in [1.54, 1.807) is 18.2 Å². The van der Waals surface area contributed by atoms with Gasteiger partial charge in [0.15, 0.2) is 0 Å². The molecule has 2 heterocycles. The summed E-state index contributed by atoms with van der Waals surface area (Å²) in [6.45, 7) is 5.25. The summed E-state index contributed by atoms with van der Waals surface area (Å²) >= 11 is 12.0. The number of morpholine rings is 1. The molecule has 1 aliphatic heterocycles. The smallest absolute Gasteiger partial charge is 0.258 e. The van der Waals surface area contributed by atoms with Crippen LogP contribution in [0, 0.1) is 0 Å². The van der Waals surface area contributed by atoms with E-state index in [1.807, 2.05) is 24.3 Å². The second-order valence-corrected chi connectivity index (χ2v) is 7.78. The quantitative estimate of drug-likeness (QED) is 0.629. The molecular weight excluding hydrogens is 411 g/mol. The number of halogens is 2. The van der Waals surface area contributed by atoms with Crippen molar-refractivity contribution < 1.29 is 9.53 Å². The fourth-order valence-corrected chi connectivity index (χ4v) is 3.78. The fourth-order valence-electron chi connectivity index (χ4n) is 3.49. The minimum atomic E-state index is -0.270. The number of benzene rings is 2. The van der Waals surface area contributed by atoms with E-state index in [1.165, 1.54) is 0 Å².